The van der Waals surface area contributed by atoms with Crippen LogP contribution in [0, 0.1) is 0 Å². The standard InChI is InChI=1S/C14H20ClNO2/c1-5-10-6-11(9(2)3)12(7-13(10)18-4)16-14(17)8-15/h6-7,9H,5,8H2,1-4H3,(H,16,17). The Hall–Kier alpha value is -1.22. The van der Waals surface area contributed by atoms with Crippen molar-refractivity contribution in [2.24, 2.45) is 0 Å². The largest absolute Gasteiger partial charge is 0.496 e. The van der Waals surface area contributed by atoms with Crippen molar-refractivity contribution in [2.75, 3.05) is 18.3 Å². The van der Waals surface area contributed by atoms with E-state index in [1.807, 2.05) is 6.07 Å². The lowest BCUT2D eigenvalue weighted by molar-refractivity contribution is -0.113. The van der Waals surface area contributed by atoms with E-state index in [9.17, 15) is 4.79 Å². The van der Waals surface area contributed by atoms with Gasteiger partial charge in [0.05, 0.1) is 7.11 Å². The number of ether oxygens (including phenoxy) is 1. The molecule has 4 heteroatoms. The van der Waals surface area contributed by atoms with Crippen LogP contribution in [0.25, 0.3) is 0 Å². The van der Waals surface area contributed by atoms with E-state index in [1.54, 1.807) is 7.11 Å². The Kier molecular flexibility index (Phi) is 5.48. The average molecular weight is 270 g/mol. The van der Waals surface area contributed by atoms with Crippen molar-refractivity contribution < 1.29 is 9.53 Å². The minimum absolute atomic E-state index is 0.0463. The highest BCUT2D eigenvalue weighted by Crippen LogP contribution is 2.32. The summed E-state index contributed by atoms with van der Waals surface area (Å²) in [6.45, 7) is 6.27. The second-order valence-corrected chi connectivity index (χ2v) is 4.71. The molecule has 0 bridgehead atoms. The Balaban J connectivity index is 3.24. The molecule has 0 aliphatic carbocycles. The van der Waals surface area contributed by atoms with Gasteiger partial charge >= 0.3 is 0 Å². The van der Waals surface area contributed by atoms with E-state index in [0.29, 0.717) is 5.92 Å². The first-order valence-corrected chi connectivity index (χ1v) is 6.63. The molecule has 100 valence electrons. The van der Waals surface area contributed by atoms with Gasteiger partial charge in [0.25, 0.3) is 0 Å². The summed E-state index contributed by atoms with van der Waals surface area (Å²) in [7, 11) is 1.64. The van der Waals surface area contributed by atoms with E-state index in [0.717, 1.165) is 29.0 Å². The number of halogens is 1. The van der Waals surface area contributed by atoms with Gasteiger partial charge in [-0.3, -0.25) is 4.79 Å². The molecule has 0 saturated carbocycles. The van der Waals surface area contributed by atoms with Crippen LogP contribution < -0.4 is 10.1 Å². The van der Waals surface area contributed by atoms with Crippen molar-refractivity contribution in [3.8, 4) is 5.75 Å². The molecule has 0 unspecified atom stereocenters. The maximum atomic E-state index is 11.4. The number of nitrogens with one attached hydrogen (secondary N) is 1. The van der Waals surface area contributed by atoms with Crippen molar-refractivity contribution in [3.05, 3.63) is 23.3 Å². The zero-order valence-corrected chi connectivity index (χ0v) is 12.1. The Bertz CT molecular complexity index is 430. The Labute approximate surface area is 113 Å². The molecule has 1 amide bonds. The summed E-state index contributed by atoms with van der Waals surface area (Å²) < 4.78 is 5.34. The van der Waals surface area contributed by atoms with Crippen LogP contribution in [0.4, 0.5) is 5.69 Å². The predicted octanol–water partition coefficient (Wildman–Crippen LogP) is 3.56. The van der Waals surface area contributed by atoms with Gasteiger partial charge in [0.2, 0.25) is 5.91 Å². The van der Waals surface area contributed by atoms with Gasteiger partial charge in [0, 0.05) is 11.8 Å². The quantitative estimate of drug-likeness (QED) is 0.830. The van der Waals surface area contributed by atoms with Gasteiger partial charge in [-0.25, -0.2) is 0 Å². The number of methoxy groups -OCH3 is 1. The molecule has 1 aromatic carbocycles. The van der Waals surface area contributed by atoms with Crippen LogP contribution >= 0.6 is 11.6 Å². The van der Waals surface area contributed by atoms with Gasteiger partial charge in [0.15, 0.2) is 0 Å². The smallest absolute Gasteiger partial charge is 0.239 e. The summed E-state index contributed by atoms with van der Waals surface area (Å²) in [4.78, 5) is 11.4. The van der Waals surface area contributed by atoms with Gasteiger partial charge < -0.3 is 10.1 Å². The summed E-state index contributed by atoms with van der Waals surface area (Å²) in [6, 6.07) is 3.96. The van der Waals surface area contributed by atoms with Crippen molar-refractivity contribution in [1.29, 1.82) is 0 Å². The monoisotopic (exact) mass is 269 g/mol. The minimum Gasteiger partial charge on any atom is -0.496 e. The van der Waals surface area contributed by atoms with E-state index in [-0.39, 0.29) is 11.8 Å². The molecule has 3 nitrogen and oxygen atoms in total. The highest BCUT2D eigenvalue weighted by atomic mass is 35.5. The first kappa shape index (κ1) is 14.8. The topological polar surface area (TPSA) is 38.3 Å². The van der Waals surface area contributed by atoms with Crippen LogP contribution in [0.3, 0.4) is 0 Å². The maximum Gasteiger partial charge on any atom is 0.239 e. The number of amides is 1. The third-order valence-corrected chi connectivity index (χ3v) is 3.09. The van der Waals surface area contributed by atoms with Crippen molar-refractivity contribution >= 4 is 23.2 Å². The molecule has 1 aromatic rings. The summed E-state index contributed by atoms with van der Waals surface area (Å²) in [5, 5.41) is 2.82. The third-order valence-electron chi connectivity index (χ3n) is 2.85. The lowest BCUT2D eigenvalue weighted by Gasteiger charge is -2.17. The number of hydrogen-bond donors (Lipinski definition) is 1. The van der Waals surface area contributed by atoms with E-state index < -0.39 is 0 Å². The lowest BCUT2D eigenvalue weighted by atomic mass is 9.97. The number of carbonyl (C=O) groups excluding carboxylic acids is 1. The number of anilines is 1. The summed E-state index contributed by atoms with van der Waals surface area (Å²) in [6.07, 6.45) is 0.895. The molecule has 0 spiro atoms. The number of carbonyl (C=O) groups is 1. The molecular formula is C14H20ClNO2. The van der Waals surface area contributed by atoms with E-state index >= 15 is 0 Å². The summed E-state index contributed by atoms with van der Waals surface area (Å²) >= 11 is 5.52. The molecule has 0 atom stereocenters. The van der Waals surface area contributed by atoms with Crippen molar-refractivity contribution in [3.63, 3.8) is 0 Å². The maximum absolute atomic E-state index is 11.4. The SMILES string of the molecule is CCc1cc(C(C)C)c(NC(=O)CCl)cc1OC. The van der Waals surface area contributed by atoms with E-state index in [2.05, 4.69) is 32.2 Å². The lowest BCUT2D eigenvalue weighted by Crippen LogP contribution is -2.15. The Morgan fingerprint density at radius 1 is 1.44 bits per heavy atom. The third kappa shape index (κ3) is 3.39. The summed E-state index contributed by atoms with van der Waals surface area (Å²) in [5.41, 5.74) is 3.03. The zero-order valence-electron chi connectivity index (χ0n) is 11.3. The second-order valence-electron chi connectivity index (χ2n) is 4.44. The van der Waals surface area contributed by atoms with Crippen LogP contribution in [0.2, 0.25) is 0 Å². The zero-order chi connectivity index (χ0) is 13.7. The fraction of sp³-hybridized carbons (Fsp3) is 0.500. The number of hydrogen-bond acceptors (Lipinski definition) is 2. The molecule has 0 aliphatic heterocycles. The molecule has 18 heavy (non-hydrogen) atoms. The first-order valence-electron chi connectivity index (χ1n) is 6.10. The van der Waals surface area contributed by atoms with Gasteiger partial charge in [0.1, 0.15) is 11.6 Å². The highest BCUT2D eigenvalue weighted by molar-refractivity contribution is 6.29. The molecule has 0 radical (unpaired) electrons. The van der Waals surface area contributed by atoms with Gasteiger partial charge in [-0.1, -0.05) is 20.8 Å². The number of alkyl halides is 1. The molecule has 0 aromatic heterocycles. The Morgan fingerprint density at radius 2 is 2.11 bits per heavy atom. The van der Waals surface area contributed by atoms with Gasteiger partial charge in [-0.05, 0) is 29.5 Å². The number of rotatable bonds is 5. The fourth-order valence-corrected chi connectivity index (χ4v) is 1.95. The van der Waals surface area contributed by atoms with E-state index in [1.165, 1.54) is 0 Å². The van der Waals surface area contributed by atoms with Crippen LogP contribution in [-0.2, 0) is 11.2 Å². The second kappa shape index (κ2) is 6.64. The van der Waals surface area contributed by atoms with Crippen LogP contribution in [0.15, 0.2) is 12.1 Å². The molecule has 1 N–H and O–H groups in total. The predicted molar refractivity (Wildman–Crippen MR) is 75.8 cm³/mol. The first-order chi connectivity index (χ1) is 8.53. The Morgan fingerprint density at radius 3 is 2.56 bits per heavy atom. The number of benzene rings is 1. The molecule has 1 rings (SSSR count). The molecule has 0 aliphatic rings. The van der Waals surface area contributed by atoms with Crippen molar-refractivity contribution in [1.82, 2.24) is 0 Å². The highest BCUT2D eigenvalue weighted by Gasteiger charge is 2.13. The number of aryl methyl sites for hydroxylation is 1. The van der Waals surface area contributed by atoms with Gasteiger partial charge in [-0.2, -0.15) is 0 Å². The normalized spacial score (nSPS) is 10.6. The average Bonchev–Trinajstić information content (AvgIpc) is 2.37. The molecule has 0 heterocycles. The fourth-order valence-electron chi connectivity index (χ4n) is 1.88. The summed E-state index contributed by atoms with van der Waals surface area (Å²) in [5.74, 6) is 0.874. The van der Waals surface area contributed by atoms with Crippen LogP contribution in [0.1, 0.15) is 37.8 Å². The van der Waals surface area contributed by atoms with Crippen LogP contribution in [-0.4, -0.2) is 18.9 Å². The molecule has 0 fully saturated rings. The van der Waals surface area contributed by atoms with Crippen molar-refractivity contribution in [2.45, 2.75) is 33.1 Å². The van der Waals surface area contributed by atoms with Crippen LogP contribution in [0.5, 0.6) is 5.75 Å². The van der Waals surface area contributed by atoms with E-state index in [4.69, 9.17) is 16.3 Å². The molecular weight excluding hydrogens is 250 g/mol. The molecule has 0 saturated heterocycles. The minimum atomic E-state index is -0.204. The van der Waals surface area contributed by atoms with Gasteiger partial charge in [-0.15, -0.1) is 11.6 Å².